The maximum atomic E-state index is 16.7. The van der Waals surface area contributed by atoms with Crippen LogP contribution in [-0.4, -0.2) is 391 Å². The van der Waals surface area contributed by atoms with E-state index in [0.29, 0.717) is 24.8 Å². The van der Waals surface area contributed by atoms with E-state index < -0.39 is 322 Å². The molecular formula is C79H126O39. The van der Waals surface area contributed by atoms with Crippen LogP contribution in [0.15, 0.2) is 36.0 Å². The molecule has 0 aromatic rings. The van der Waals surface area contributed by atoms with Gasteiger partial charge in [-0.1, -0.05) is 65.3 Å². The van der Waals surface area contributed by atoms with E-state index in [4.69, 9.17) is 71.1 Å². The maximum Gasteiger partial charge on any atom is 0.333 e. The van der Waals surface area contributed by atoms with Crippen LogP contribution >= 0.6 is 0 Å². The smallest absolute Gasteiger partial charge is 0.333 e. The summed E-state index contributed by atoms with van der Waals surface area (Å²) < 4.78 is 90.4. The monoisotopic (exact) mass is 1700 g/mol. The van der Waals surface area contributed by atoms with Gasteiger partial charge in [-0.2, -0.15) is 0 Å². The fourth-order valence-electron chi connectivity index (χ4n) is 21.3. The maximum absolute atomic E-state index is 16.7. The van der Waals surface area contributed by atoms with Gasteiger partial charge in [0, 0.05) is 22.8 Å². The van der Waals surface area contributed by atoms with Gasteiger partial charge in [0.05, 0.1) is 75.8 Å². The summed E-state index contributed by atoms with van der Waals surface area (Å²) in [7, 11) is 0. The van der Waals surface area contributed by atoms with E-state index in [9.17, 15) is 117 Å². The summed E-state index contributed by atoms with van der Waals surface area (Å²) >= 11 is 0. The van der Waals surface area contributed by atoms with Gasteiger partial charge in [-0.15, -0.1) is 6.58 Å². The van der Waals surface area contributed by atoms with Gasteiger partial charge < -0.3 is 183 Å². The number of carbonyl (C=O) groups is 2. The molecule has 12 aliphatic rings. The van der Waals surface area contributed by atoms with E-state index in [1.807, 2.05) is 33.8 Å². The van der Waals surface area contributed by atoms with Crippen molar-refractivity contribution in [3.05, 3.63) is 36.0 Å². The second-order valence-electron chi connectivity index (χ2n) is 36.8. The lowest BCUT2D eigenvalue weighted by molar-refractivity contribution is -0.394. The van der Waals surface area contributed by atoms with Crippen molar-refractivity contribution < 1.29 is 193 Å². The first-order chi connectivity index (χ1) is 55.2. The van der Waals surface area contributed by atoms with Gasteiger partial charge in [-0.05, 0) is 113 Å². The standard InChI is InChI=1S/C79H126O39/c1-12-74(7,118-68-56(98)48(90)37(84)26-106-68)18-13-14-30(2)64(102)112-44-23-79(34(20-73(44,5)6)33-15-16-42-75(8)21-35(82)63(116-69-58(100)52(94)46(88)32(4)109-69)76(9,29-81)41(75)17-19-77(42,10)78(33,11)22-43(79)86)72(103)117-71-62(53(95)49(91)39(24-80)110-71)115-70-61(54(96)50(92)40(111-70)28-107-65-57(99)51(93)45(87)31(3)108-65)114-67-59(101)60(38(85)27-105-67)113-66-55(97)47(89)36(83)25-104-66/h12,14-15,31-32,34-63,65-71,80-101H,1,13,16-29H2,2-11H3/b30-14+/t31-,32+,34+,35+,36-,37+,38-,39+,40-,41+,42-,43+,44-,45-,46+,47-,48-,49-,50-,51+,52-,53-,54+,55-,56+,57-,58+,59+,60-,61+,62+,63+,65+,66-,67-,68-,69+,70+,71-,74+,75+,76-,77-,78+,79-/m0/s1. The number of aliphatic hydroxyl groups excluding tert-OH is 22. The van der Waals surface area contributed by atoms with Gasteiger partial charge in [0.2, 0.25) is 6.29 Å². The summed E-state index contributed by atoms with van der Waals surface area (Å²) in [6.45, 7) is 17.4. The van der Waals surface area contributed by atoms with Gasteiger partial charge in [0.1, 0.15) is 146 Å². The van der Waals surface area contributed by atoms with Crippen molar-refractivity contribution in [1.82, 2.24) is 0 Å². The number of aliphatic hydroxyl groups is 22. The molecule has 45 atom stereocenters. The van der Waals surface area contributed by atoms with Crippen LogP contribution in [0.3, 0.4) is 0 Å². The third kappa shape index (κ3) is 16.9. The molecule has 0 aromatic carbocycles. The Morgan fingerprint density at radius 1 is 0.542 bits per heavy atom. The van der Waals surface area contributed by atoms with Crippen molar-refractivity contribution in [3.8, 4) is 0 Å². The molecule has 39 heteroatoms. The van der Waals surface area contributed by atoms with Crippen molar-refractivity contribution in [2.45, 2.75) is 354 Å². The van der Waals surface area contributed by atoms with Crippen LogP contribution in [0.5, 0.6) is 0 Å². The van der Waals surface area contributed by atoms with Crippen LogP contribution in [-0.2, 0) is 80.6 Å². The van der Waals surface area contributed by atoms with Crippen molar-refractivity contribution >= 4 is 11.9 Å². The van der Waals surface area contributed by atoms with Gasteiger partial charge in [-0.3, -0.25) is 4.79 Å². The minimum Gasteiger partial charge on any atom is -0.458 e. The number of allylic oxidation sites excluding steroid dienone is 3. The molecule has 7 saturated heterocycles. The van der Waals surface area contributed by atoms with Crippen LogP contribution in [0.1, 0.15) is 127 Å². The van der Waals surface area contributed by atoms with Gasteiger partial charge >= 0.3 is 11.9 Å². The van der Waals surface area contributed by atoms with E-state index in [0.717, 1.165) is 0 Å². The first kappa shape index (κ1) is 93.9. The molecule has 0 amide bonds. The summed E-state index contributed by atoms with van der Waals surface area (Å²) in [4.78, 5) is 31.5. The third-order valence-electron chi connectivity index (χ3n) is 29.0. The average molecular weight is 1700 g/mol. The zero-order valence-corrected chi connectivity index (χ0v) is 67.8. The Bertz CT molecular complexity index is 3510. The highest BCUT2D eigenvalue weighted by Gasteiger charge is 2.75. The summed E-state index contributed by atoms with van der Waals surface area (Å²) in [6, 6.07) is 0. The zero-order valence-electron chi connectivity index (χ0n) is 67.8. The fraction of sp³-hybridized carbons (Fsp3) is 0.899. The van der Waals surface area contributed by atoms with Crippen LogP contribution in [0, 0.1) is 50.2 Å². The Morgan fingerprint density at radius 2 is 1.08 bits per heavy atom. The van der Waals surface area contributed by atoms with E-state index in [1.54, 1.807) is 19.9 Å². The highest BCUT2D eigenvalue weighted by molar-refractivity contribution is 5.88. The van der Waals surface area contributed by atoms with Crippen LogP contribution in [0.2, 0.25) is 0 Å². The Kier molecular flexibility index (Phi) is 28.6. The largest absolute Gasteiger partial charge is 0.458 e. The van der Waals surface area contributed by atoms with Crippen molar-refractivity contribution in [2.24, 2.45) is 50.2 Å². The lowest BCUT2D eigenvalue weighted by Gasteiger charge is -2.72. The topological polar surface area (TPSA) is 618 Å². The predicted octanol–water partition coefficient (Wildman–Crippen LogP) is -6.49. The second kappa shape index (κ2) is 35.9. The molecule has 5 aliphatic carbocycles. The van der Waals surface area contributed by atoms with E-state index in [1.165, 1.54) is 26.8 Å². The number of hydrogen-bond acceptors (Lipinski definition) is 39. The van der Waals surface area contributed by atoms with Gasteiger partial charge in [0.25, 0.3) is 0 Å². The number of fused-ring (bicyclic) bond motifs is 7. The first-order valence-corrected chi connectivity index (χ1v) is 40.9. The number of ether oxygens (including phenoxy) is 15. The molecule has 11 fully saturated rings. The fourth-order valence-corrected chi connectivity index (χ4v) is 21.3. The molecule has 676 valence electrons. The minimum atomic E-state index is -2.32. The van der Waals surface area contributed by atoms with Crippen LogP contribution in [0.4, 0.5) is 0 Å². The molecule has 7 aliphatic heterocycles. The highest BCUT2D eigenvalue weighted by atomic mass is 16.8. The molecule has 0 spiro atoms. The molecule has 7 heterocycles. The van der Waals surface area contributed by atoms with Crippen molar-refractivity contribution in [1.29, 1.82) is 0 Å². The molecule has 0 radical (unpaired) electrons. The quantitative estimate of drug-likeness (QED) is 0.0196. The number of hydrogen-bond donors (Lipinski definition) is 22. The SMILES string of the molecule is C=C[C@](C)(CC/C=C(\C)C(=O)O[C@H]1C[C@@]2(C(=O)O[C@@H]3O[C@H](CO)[C@H](O)[C@H](O)[C@H]3O[C@H]3O[C@@H](CO[C@@H]4O[C@@H](C)[C@H](O)[C@@H](O)[C@@H]4O)[C@H](O)[C@@H](O)[C@H]3O[C@@H]3OC[C@H](O)[C@H](O[C@@H]4OC[C@H](O)[C@H](O)[C@@H]4O)[C@H]3O)[C@H](O)C[C@]3(C)C(=CC[C@H]4[C@]5(C)C[C@@H](O)[C@@H](O[C@H]6O[C@H](C)[C@@H](O)[C@H](O)[C@H]6O)[C@@](C)(CO)[C@@H]5CC[C@@]43C)[C@H]2CC1(C)C)O[C@@H]1OC[C@@H](O)[C@H](O)[C@H]1O. The summed E-state index contributed by atoms with van der Waals surface area (Å²) in [6.07, 6.45) is -57.7. The second-order valence-corrected chi connectivity index (χ2v) is 36.8. The molecule has 39 nitrogen and oxygen atoms in total. The number of rotatable bonds is 23. The molecule has 4 saturated carbocycles. The Balaban J connectivity index is 0.885. The summed E-state index contributed by atoms with van der Waals surface area (Å²) in [5.74, 6) is -3.92. The van der Waals surface area contributed by atoms with E-state index in [-0.39, 0.29) is 50.2 Å². The molecule has 22 N–H and O–H groups in total. The Hall–Kier alpha value is -3.24. The first-order valence-electron chi connectivity index (χ1n) is 40.9. The van der Waals surface area contributed by atoms with Gasteiger partial charge in [-0.25, -0.2) is 4.79 Å². The van der Waals surface area contributed by atoms with Crippen LogP contribution in [0.25, 0.3) is 0 Å². The number of esters is 2. The normalized spacial score (nSPS) is 52.3. The lowest BCUT2D eigenvalue weighted by Crippen LogP contribution is -2.71. The zero-order chi connectivity index (χ0) is 86.7. The molecular weight excluding hydrogens is 1570 g/mol. The summed E-state index contributed by atoms with van der Waals surface area (Å²) in [5, 5.41) is 248. The number of carbonyl (C=O) groups excluding carboxylic acids is 2. The van der Waals surface area contributed by atoms with Gasteiger partial charge in [0.15, 0.2) is 43.8 Å². The third-order valence-corrected chi connectivity index (χ3v) is 29.0. The summed E-state index contributed by atoms with van der Waals surface area (Å²) in [5.41, 5.74) is -7.72. The molecule has 0 unspecified atom stereocenters. The lowest BCUT2D eigenvalue weighted by atomic mass is 9.33. The molecule has 118 heavy (non-hydrogen) atoms. The molecule has 0 bridgehead atoms. The van der Waals surface area contributed by atoms with Crippen molar-refractivity contribution in [2.75, 3.05) is 39.6 Å². The van der Waals surface area contributed by atoms with Crippen molar-refractivity contribution in [3.63, 3.8) is 0 Å². The highest BCUT2D eigenvalue weighted by Crippen LogP contribution is 2.76. The minimum absolute atomic E-state index is 0.0269. The Morgan fingerprint density at radius 3 is 1.69 bits per heavy atom. The molecule has 0 aromatic heterocycles. The Labute approximate surface area is 682 Å². The molecule has 12 rings (SSSR count). The predicted molar refractivity (Wildman–Crippen MR) is 393 cm³/mol. The van der Waals surface area contributed by atoms with E-state index in [2.05, 4.69) is 13.5 Å². The average Bonchev–Trinajstić information content (AvgIpc) is 0.666. The van der Waals surface area contributed by atoms with E-state index >= 15 is 4.79 Å². The van der Waals surface area contributed by atoms with Crippen LogP contribution < -0.4 is 0 Å².